The van der Waals surface area contributed by atoms with Crippen molar-refractivity contribution in [1.29, 1.82) is 0 Å². The van der Waals surface area contributed by atoms with Gasteiger partial charge in [-0.3, -0.25) is 4.98 Å². The van der Waals surface area contributed by atoms with Crippen LogP contribution < -0.4 is 4.74 Å². The van der Waals surface area contributed by atoms with Crippen LogP contribution in [0, 0.1) is 0 Å². The maximum absolute atomic E-state index is 6.05. The molecule has 0 atom stereocenters. The highest BCUT2D eigenvalue weighted by atomic mass is 28.3. The van der Waals surface area contributed by atoms with Crippen molar-refractivity contribution in [2.75, 3.05) is 0 Å². The topological polar surface area (TPSA) is 35.0 Å². The summed E-state index contributed by atoms with van der Waals surface area (Å²) in [6, 6.07) is 9.69. The normalized spacial score (nSPS) is 11.6. The zero-order valence-electron chi connectivity index (χ0n) is 18.3. The molecular formula is C24H38N2OSi. The van der Waals surface area contributed by atoms with E-state index in [9.17, 15) is 0 Å². The van der Waals surface area contributed by atoms with Crippen LogP contribution in [0.25, 0.3) is 0 Å². The lowest BCUT2D eigenvalue weighted by atomic mass is 10.0. The van der Waals surface area contributed by atoms with Crippen LogP contribution >= 0.6 is 0 Å². The van der Waals surface area contributed by atoms with Gasteiger partial charge in [-0.05, 0) is 37.0 Å². The number of benzene rings is 1. The molecule has 1 heterocycles. The Balaban J connectivity index is 1.81. The van der Waals surface area contributed by atoms with Crippen LogP contribution in [0.2, 0.25) is 25.7 Å². The molecule has 3 nitrogen and oxygen atoms in total. The Kier molecular flexibility index (Phi) is 9.69. The van der Waals surface area contributed by atoms with Crippen molar-refractivity contribution in [3.63, 3.8) is 0 Å². The third-order valence-corrected chi connectivity index (χ3v) is 6.80. The Hall–Kier alpha value is -1.68. The van der Waals surface area contributed by atoms with E-state index in [2.05, 4.69) is 60.8 Å². The van der Waals surface area contributed by atoms with Gasteiger partial charge in [0.05, 0.1) is 0 Å². The molecule has 4 heteroatoms. The molecule has 0 N–H and O–H groups in total. The second kappa shape index (κ2) is 12.0. The Labute approximate surface area is 173 Å². The minimum Gasteiger partial charge on any atom is -0.437 e. The Morgan fingerprint density at radius 3 is 2.11 bits per heavy atom. The number of unbranched alkanes of at least 4 members (excludes halogenated alkanes) is 6. The molecule has 0 radical (unpaired) electrons. The van der Waals surface area contributed by atoms with E-state index in [1.54, 1.807) is 12.4 Å². The molecule has 1 aromatic carbocycles. The molecule has 154 valence electrons. The third-order valence-electron chi connectivity index (χ3n) is 5.05. The number of aromatic nitrogens is 2. The number of aryl methyl sites for hydroxylation is 2. The van der Waals surface area contributed by atoms with Crippen molar-refractivity contribution >= 4 is 8.07 Å². The van der Waals surface area contributed by atoms with E-state index in [0.717, 1.165) is 24.3 Å². The Morgan fingerprint density at radius 2 is 1.43 bits per heavy atom. The summed E-state index contributed by atoms with van der Waals surface area (Å²) in [5, 5.41) is 0. The first-order chi connectivity index (χ1) is 13.5. The molecule has 0 bridgehead atoms. The summed E-state index contributed by atoms with van der Waals surface area (Å²) in [4.78, 5) is 8.93. The maximum Gasteiger partial charge on any atom is 0.241 e. The summed E-state index contributed by atoms with van der Waals surface area (Å²) in [6.45, 7) is 9.42. The van der Waals surface area contributed by atoms with Gasteiger partial charge in [0.15, 0.2) is 0 Å². The van der Waals surface area contributed by atoms with Gasteiger partial charge >= 0.3 is 0 Å². The molecule has 0 saturated carbocycles. The summed E-state index contributed by atoms with van der Waals surface area (Å²) >= 11 is 0. The van der Waals surface area contributed by atoms with Gasteiger partial charge in [0.2, 0.25) is 5.88 Å². The second-order valence-electron chi connectivity index (χ2n) is 8.99. The SMILES string of the molecule is CCCCCCCCCc1ccc(Oc2nccnc2CC[Si](C)(C)C)cc1. The van der Waals surface area contributed by atoms with E-state index < -0.39 is 8.07 Å². The van der Waals surface area contributed by atoms with Gasteiger partial charge in [-0.25, -0.2) is 4.98 Å². The zero-order chi connectivity index (χ0) is 20.2. The van der Waals surface area contributed by atoms with E-state index in [0.29, 0.717) is 5.88 Å². The number of hydrogen-bond donors (Lipinski definition) is 0. The molecule has 2 aromatic rings. The van der Waals surface area contributed by atoms with E-state index in [-0.39, 0.29) is 0 Å². The van der Waals surface area contributed by atoms with Crippen LogP contribution in [0.1, 0.15) is 63.1 Å². The molecule has 1 aromatic heterocycles. The first-order valence-corrected chi connectivity index (χ1v) is 14.8. The van der Waals surface area contributed by atoms with Crippen molar-refractivity contribution in [3.8, 4) is 11.6 Å². The average molecular weight is 399 g/mol. The van der Waals surface area contributed by atoms with Gasteiger partial charge in [0, 0.05) is 20.5 Å². The second-order valence-corrected chi connectivity index (χ2v) is 14.6. The van der Waals surface area contributed by atoms with Crippen molar-refractivity contribution in [1.82, 2.24) is 9.97 Å². The Bertz CT molecular complexity index is 680. The maximum atomic E-state index is 6.05. The summed E-state index contributed by atoms with van der Waals surface area (Å²) in [6.07, 6.45) is 15.0. The number of ether oxygens (including phenoxy) is 1. The summed E-state index contributed by atoms with van der Waals surface area (Å²) in [5.41, 5.74) is 2.36. The fourth-order valence-corrected chi connectivity index (χ4v) is 4.21. The van der Waals surface area contributed by atoms with Crippen molar-refractivity contribution in [2.45, 2.75) is 90.4 Å². The highest BCUT2D eigenvalue weighted by Crippen LogP contribution is 2.25. The van der Waals surface area contributed by atoms with E-state index in [1.165, 1.54) is 56.6 Å². The number of hydrogen-bond acceptors (Lipinski definition) is 3. The molecule has 28 heavy (non-hydrogen) atoms. The molecule has 2 rings (SSSR count). The lowest BCUT2D eigenvalue weighted by Crippen LogP contribution is -2.20. The minimum atomic E-state index is -1.11. The van der Waals surface area contributed by atoms with E-state index >= 15 is 0 Å². The predicted octanol–water partition coefficient (Wildman–Crippen LogP) is 7.44. The van der Waals surface area contributed by atoms with Crippen LogP contribution in [0.5, 0.6) is 11.6 Å². The largest absolute Gasteiger partial charge is 0.437 e. The van der Waals surface area contributed by atoms with Crippen LogP contribution in [-0.2, 0) is 12.8 Å². The molecule has 0 aliphatic heterocycles. The van der Waals surface area contributed by atoms with E-state index in [4.69, 9.17) is 4.74 Å². The standard InChI is InChI=1S/C24H38N2OSi/c1-5-6-7-8-9-10-11-12-21-13-15-22(16-14-21)27-24-23(25-18-19-26-24)17-20-28(2,3)4/h13-16,18-19H,5-12,17,20H2,1-4H3. The molecule has 0 spiro atoms. The minimum absolute atomic E-state index is 0.653. The Morgan fingerprint density at radius 1 is 0.786 bits per heavy atom. The molecular weight excluding hydrogens is 360 g/mol. The first kappa shape index (κ1) is 22.6. The molecule has 0 amide bonds. The van der Waals surface area contributed by atoms with Gasteiger partial charge in [0.25, 0.3) is 0 Å². The fraction of sp³-hybridized carbons (Fsp3) is 0.583. The number of nitrogens with zero attached hydrogens (tertiary/aromatic N) is 2. The highest BCUT2D eigenvalue weighted by molar-refractivity contribution is 6.76. The average Bonchev–Trinajstić information content (AvgIpc) is 2.67. The zero-order valence-corrected chi connectivity index (χ0v) is 19.3. The summed E-state index contributed by atoms with van der Waals surface area (Å²) in [5.74, 6) is 1.50. The first-order valence-electron chi connectivity index (χ1n) is 11.0. The summed E-state index contributed by atoms with van der Waals surface area (Å²) < 4.78 is 6.05. The van der Waals surface area contributed by atoms with Crippen LogP contribution in [0.15, 0.2) is 36.7 Å². The molecule has 0 fully saturated rings. The van der Waals surface area contributed by atoms with Crippen LogP contribution in [-0.4, -0.2) is 18.0 Å². The van der Waals surface area contributed by atoms with E-state index in [1.807, 2.05) is 0 Å². The van der Waals surface area contributed by atoms with Crippen molar-refractivity contribution < 1.29 is 4.74 Å². The monoisotopic (exact) mass is 398 g/mol. The molecule has 0 aliphatic rings. The van der Waals surface area contributed by atoms with Gasteiger partial charge in [-0.2, -0.15) is 0 Å². The quantitative estimate of drug-likeness (QED) is 0.260. The fourth-order valence-electron chi connectivity index (χ4n) is 3.23. The van der Waals surface area contributed by atoms with Crippen LogP contribution in [0.3, 0.4) is 0 Å². The summed E-state index contributed by atoms with van der Waals surface area (Å²) in [7, 11) is -1.11. The molecule has 0 saturated heterocycles. The highest BCUT2D eigenvalue weighted by Gasteiger charge is 2.16. The van der Waals surface area contributed by atoms with Crippen molar-refractivity contribution in [2.24, 2.45) is 0 Å². The predicted molar refractivity (Wildman–Crippen MR) is 122 cm³/mol. The van der Waals surface area contributed by atoms with Crippen molar-refractivity contribution in [3.05, 3.63) is 47.9 Å². The van der Waals surface area contributed by atoms with Gasteiger partial charge in [-0.1, -0.05) is 83.3 Å². The smallest absolute Gasteiger partial charge is 0.241 e. The molecule has 0 unspecified atom stereocenters. The number of rotatable bonds is 13. The molecule has 0 aliphatic carbocycles. The lowest BCUT2D eigenvalue weighted by Gasteiger charge is -2.16. The third kappa shape index (κ3) is 9.00. The lowest BCUT2D eigenvalue weighted by molar-refractivity contribution is 0.452. The van der Waals surface area contributed by atoms with Crippen LogP contribution in [0.4, 0.5) is 0 Å². The van der Waals surface area contributed by atoms with Gasteiger partial charge < -0.3 is 4.74 Å². The van der Waals surface area contributed by atoms with Gasteiger partial charge in [0.1, 0.15) is 11.4 Å². The van der Waals surface area contributed by atoms with Gasteiger partial charge in [-0.15, -0.1) is 0 Å².